The van der Waals surface area contributed by atoms with E-state index in [1.54, 1.807) is 48.5 Å². The summed E-state index contributed by atoms with van der Waals surface area (Å²) in [7, 11) is 2.94. The van der Waals surface area contributed by atoms with Crippen molar-refractivity contribution in [3.05, 3.63) is 89.6 Å². The molecular formula is C25H21F3N2O5. The molecular weight excluding hydrogens is 465 g/mol. The molecule has 0 aliphatic carbocycles. The Bertz CT molecular complexity index is 1210. The second-order valence-corrected chi connectivity index (χ2v) is 7.02. The molecule has 35 heavy (non-hydrogen) atoms. The Morgan fingerprint density at radius 2 is 1.51 bits per heavy atom. The summed E-state index contributed by atoms with van der Waals surface area (Å²) in [6.07, 6.45) is -3.40. The molecule has 10 heteroatoms. The van der Waals surface area contributed by atoms with Gasteiger partial charge in [0.15, 0.2) is 11.5 Å². The van der Waals surface area contributed by atoms with Gasteiger partial charge in [-0.3, -0.25) is 9.59 Å². The molecule has 0 saturated heterocycles. The van der Waals surface area contributed by atoms with Gasteiger partial charge in [-0.05, 0) is 60.2 Å². The number of nitrogens with one attached hydrogen (secondary N) is 2. The van der Waals surface area contributed by atoms with Gasteiger partial charge in [0.25, 0.3) is 11.8 Å². The van der Waals surface area contributed by atoms with Crippen molar-refractivity contribution in [2.75, 3.05) is 19.5 Å². The van der Waals surface area contributed by atoms with Crippen molar-refractivity contribution in [2.24, 2.45) is 0 Å². The molecule has 0 unspecified atom stereocenters. The van der Waals surface area contributed by atoms with Gasteiger partial charge >= 0.3 is 6.36 Å². The van der Waals surface area contributed by atoms with E-state index in [1.807, 2.05) is 0 Å². The van der Waals surface area contributed by atoms with E-state index in [2.05, 4.69) is 15.4 Å². The largest absolute Gasteiger partial charge is 0.573 e. The number of ether oxygens (including phenoxy) is 3. The molecule has 182 valence electrons. The van der Waals surface area contributed by atoms with Gasteiger partial charge in [-0.25, -0.2) is 0 Å². The number of rotatable bonds is 8. The standard InChI is InChI=1S/C25H21F3N2O5/c1-33-21-13-8-16(15-22(21)34-2)14-20(30-23(31)17-6-4-3-5-7-17)24(32)29-18-9-11-19(12-10-18)35-25(26,27)28/h3-15H,1-2H3,(H,29,32)(H,30,31)/b20-14+. The minimum atomic E-state index is -4.83. The summed E-state index contributed by atoms with van der Waals surface area (Å²) >= 11 is 0. The summed E-state index contributed by atoms with van der Waals surface area (Å²) in [6, 6.07) is 17.8. The lowest BCUT2D eigenvalue weighted by molar-refractivity contribution is -0.274. The van der Waals surface area contributed by atoms with E-state index in [1.165, 1.54) is 32.4 Å². The van der Waals surface area contributed by atoms with E-state index in [4.69, 9.17) is 9.47 Å². The van der Waals surface area contributed by atoms with Crippen molar-refractivity contribution < 1.29 is 37.0 Å². The molecule has 0 heterocycles. The Morgan fingerprint density at radius 1 is 0.857 bits per heavy atom. The van der Waals surface area contributed by atoms with Gasteiger partial charge in [-0.15, -0.1) is 13.2 Å². The number of amides is 2. The maximum Gasteiger partial charge on any atom is 0.573 e. The van der Waals surface area contributed by atoms with E-state index < -0.39 is 23.9 Å². The zero-order valence-electron chi connectivity index (χ0n) is 18.7. The van der Waals surface area contributed by atoms with Crippen LogP contribution in [0.25, 0.3) is 6.08 Å². The number of hydrogen-bond acceptors (Lipinski definition) is 5. The van der Waals surface area contributed by atoms with Crippen LogP contribution in [0.3, 0.4) is 0 Å². The average Bonchev–Trinajstić information content (AvgIpc) is 2.84. The molecule has 0 aromatic heterocycles. The molecule has 0 fully saturated rings. The fourth-order valence-electron chi connectivity index (χ4n) is 2.99. The molecule has 3 rings (SSSR count). The average molecular weight is 486 g/mol. The first-order chi connectivity index (χ1) is 16.7. The first-order valence-corrected chi connectivity index (χ1v) is 10.2. The fraction of sp³-hybridized carbons (Fsp3) is 0.120. The Kier molecular flexibility index (Phi) is 7.98. The van der Waals surface area contributed by atoms with Crippen LogP contribution in [0.1, 0.15) is 15.9 Å². The summed E-state index contributed by atoms with van der Waals surface area (Å²) in [5.74, 6) is -0.773. The Hall–Kier alpha value is -4.47. The number of benzene rings is 3. The molecule has 0 aliphatic heterocycles. The van der Waals surface area contributed by atoms with Crippen LogP contribution in [0.15, 0.2) is 78.5 Å². The zero-order valence-corrected chi connectivity index (χ0v) is 18.7. The molecule has 0 bridgehead atoms. The van der Waals surface area contributed by atoms with Gasteiger partial charge in [0.05, 0.1) is 14.2 Å². The summed E-state index contributed by atoms with van der Waals surface area (Å²) in [5.41, 5.74) is 0.931. The predicted octanol–water partition coefficient (Wildman–Crippen LogP) is 5.01. The first-order valence-electron chi connectivity index (χ1n) is 10.2. The van der Waals surface area contributed by atoms with E-state index in [-0.39, 0.29) is 11.4 Å². The van der Waals surface area contributed by atoms with E-state index >= 15 is 0 Å². The third-order valence-electron chi connectivity index (χ3n) is 4.59. The lowest BCUT2D eigenvalue weighted by atomic mass is 10.1. The van der Waals surface area contributed by atoms with Crippen LogP contribution < -0.4 is 24.8 Å². The van der Waals surface area contributed by atoms with Crippen LogP contribution in [-0.2, 0) is 4.79 Å². The van der Waals surface area contributed by atoms with Crippen LogP contribution in [0.4, 0.5) is 18.9 Å². The van der Waals surface area contributed by atoms with Crippen LogP contribution in [0, 0.1) is 0 Å². The second-order valence-electron chi connectivity index (χ2n) is 7.02. The van der Waals surface area contributed by atoms with Crippen LogP contribution >= 0.6 is 0 Å². The van der Waals surface area contributed by atoms with Gasteiger partial charge in [-0.1, -0.05) is 24.3 Å². The molecule has 2 amide bonds. The van der Waals surface area contributed by atoms with Crippen LogP contribution in [0.2, 0.25) is 0 Å². The smallest absolute Gasteiger partial charge is 0.493 e. The third-order valence-corrected chi connectivity index (χ3v) is 4.59. The molecule has 0 radical (unpaired) electrons. The summed E-state index contributed by atoms with van der Waals surface area (Å²) in [4.78, 5) is 25.7. The third kappa shape index (κ3) is 7.26. The summed E-state index contributed by atoms with van der Waals surface area (Å²) in [5, 5.41) is 5.12. The molecule has 0 aliphatic rings. The van der Waals surface area contributed by atoms with Gasteiger partial charge in [-0.2, -0.15) is 0 Å². The van der Waals surface area contributed by atoms with E-state index in [0.29, 0.717) is 22.6 Å². The Morgan fingerprint density at radius 3 is 2.11 bits per heavy atom. The highest BCUT2D eigenvalue weighted by Crippen LogP contribution is 2.28. The highest BCUT2D eigenvalue weighted by molar-refractivity contribution is 6.10. The lowest BCUT2D eigenvalue weighted by Gasteiger charge is -2.13. The molecule has 0 atom stereocenters. The maximum absolute atomic E-state index is 13.0. The Balaban J connectivity index is 1.88. The zero-order chi connectivity index (χ0) is 25.4. The normalized spacial score (nSPS) is 11.4. The van der Waals surface area contributed by atoms with Crippen LogP contribution in [0.5, 0.6) is 17.2 Å². The molecule has 7 nitrogen and oxygen atoms in total. The van der Waals surface area contributed by atoms with E-state index in [9.17, 15) is 22.8 Å². The lowest BCUT2D eigenvalue weighted by Crippen LogP contribution is -2.30. The van der Waals surface area contributed by atoms with Gasteiger partial charge < -0.3 is 24.8 Å². The number of halogens is 3. The number of alkyl halides is 3. The monoisotopic (exact) mass is 486 g/mol. The summed E-state index contributed by atoms with van der Waals surface area (Å²) < 4.78 is 51.4. The number of carbonyl (C=O) groups excluding carboxylic acids is 2. The molecule has 2 N–H and O–H groups in total. The minimum absolute atomic E-state index is 0.110. The highest BCUT2D eigenvalue weighted by Gasteiger charge is 2.31. The number of carbonyl (C=O) groups is 2. The first kappa shape index (κ1) is 25.2. The summed E-state index contributed by atoms with van der Waals surface area (Å²) in [6.45, 7) is 0. The molecule has 3 aromatic rings. The van der Waals surface area contributed by atoms with Gasteiger partial charge in [0.1, 0.15) is 11.4 Å². The second kappa shape index (κ2) is 11.1. The number of anilines is 1. The Labute approximate surface area is 199 Å². The van der Waals surface area contributed by atoms with Crippen molar-refractivity contribution in [1.29, 1.82) is 0 Å². The highest BCUT2D eigenvalue weighted by atomic mass is 19.4. The molecule has 0 saturated carbocycles. The minimum Gasteiger partial charge on any atom is -0.493 e. The van der Waals surface area contributed by atoms with Crippen molar-refractivity contribution >= 4 is 23.6 Å². The maximum atomic E-state index is 13.0. The van der Waals surface area contributed by atoms with Crippen molar-refractivity contribution in [2.45, 2.75) is 6.36 Å². The number of methoxy groups -OCH3 is 2. The number of hydrogen-bond donors (Lipinski definition) is 2. The SMILES string of the molecule is COc1ccc(/C=C(/NC(=O)c2ccccc2)C(=O)Nc2ccc(OC(F)(F)F)cc2)cc1OC. The fourth-order valence-corrected chi connectivity index (χ4v) is 2.99. The van der Waals surface area contributed by atoms with Gasteiger partial charge in [0.2, 0.25) is 0 Å². The van der Waals surface area contributed by atoms with Crippen LogP contribution in [-0.4, -0.2) is 32.4 Å². The predicted molar refractivity (Wildman–Crippen MR) is 123 cm³/mol. The molecule has 0 spiro atoms. The van der Waals surface area contributed by atoms with Crippen molar-refractivity contribution in [1.82, 2.24) is 5.32 Å². The topological polar surface area (TPSA) is 85.9 Å². The molecule has 3 aromatic carbocycles. The van der Waals surface area contributed by atoms with E-state index in [0.717, 1.165) is 12.1 Å². The quantitative estimate of drug-likeness (QED) is 0.437. The van der Waals surface area contributed by atoms with Crippen molar-refractivity contribution in [3.8, 4) is 17.2 Å². The van der Waals surface area contributed by atoms with Crippen molar-refractivity contribution in [3.63, 3.8) is 0 Å². The van der Waals surface area contributed by atoms with Gasteiger partial charge in [0, 0.05) is 11.3 Å².